The predicted molar refractivity (Wildman–Crippen MR) is 78.4 cm³/mol. The Kier molecular flexibility index (Phi) is 4.71. The van der Waals surface area contributed by atoms with E-state index in [1.54, 1.807) is 42.6 Å². The molecule has 3 aromatic rings. The Bertz CT molecular complexity index is 846. The summed E-state index contributed by atoms with van der Waals surface area (Å²) in [7, 11) is -3.72. The van der Waals surface area contributed by atoms with Crippen molar-refractivity contribution in [1.82, 2.24) is 4.98 Å². The van der Waals surface area contributed by atoms with Crippen molar-refractivity contribution in [3.05, 3.63) is 71.6 Å². The summed E-state index contributed by atoms with van der Waals surface area (Å²) in [5, 5.41) is 0.858. The molecule has 0 spiro atoms. The first-order valence-corrected chi connectivity index (χ1v) is 7.48. The average Bonchev–Trinajstić information content (AvgIpc) is 2.48. The molecule has 0 atom stereocenters. The van der Waals surface area contributed by atoms with Gasteiger partial charge in [-0.25, -0.2) is 8.42 Å². The Morgan fingerprint density at radius 3 is 2.33 bits per heavy atom. The van der Waals surface area contributed by atoms with Crippen LogP contribution in [0.4, 0.5) is 5.69 Å². The number of pyridine rings is 1. The summed E-state index contributed by atoms with van der Waals surface area (Å²) < 4.78 is 28.4. The fourth-order valence-corrected chi connectivity index (χ4v) is 2.95. The molecule has 21 heavy (non-hydrogen) atoms. The van der Waals surface area contributed by atoms with E-state index in [4.69, 9.17) is 0 Å². The van der Waals surface area contributed by atoms with Crippen LogP contribution in [-0.4, -0.2) is 13.4 Å². The average molecular weight is 349 g/mol. The van der Waals surface area contributed by atoms with Gasteiger partial charge in [-0.3, -0.25) is 4.98 Å². The van der Waals surface area contributed by atoms with Crippen molar-refractivity contribution in [2.75, 3.05) is 0 Å². The van der Waals surface area contributed by atoms with Gasteiger partial charge in [0.2, 0.25) is 0 Å². The van der Waals surface area contributed by atoms with Gasteiger partial charge in [0.1, 0.15) is 10.0 Å². The molecule has 0 unspecified atom stereocenters. The van der Waals surface area contributed by atoms with Crippen LogP contribution in [0.2, 0.25) is 0 Å². The van der Waals surface area contributed by atoms with Crippen molar-refractivity contribution in [3.8, 4) is 0 Å². The number of sulfonamides is 1. The van der Waals surface area contributed by atoms with E-state index < -0.39 is 10.0 Å². The molecule has 3 rings (SSSR count). The van der Waals surface area contributed by atoms with E-state index in [9.17, 15) is 8.42 Å². The van der Waals surface area contributed by atoms with E-state index in [0.717, 1.165) is 5.39 Å². The van der Waals surface area contributed by atoms with Gasteiger partial charge in [-0.1, -0.05) is 42.5 Å². The van der Waals surface area contributed by atoms with Crippen LogP contribution >= 0.6 is 0 Å². The topological polar surface area (TPSA) is 61.1 Å². The summed E-state index contributed by atoms with van der Waals surface area (Å²) in [6.07, 6.45) is 1.62. The van der Waals surface area contributed by atoms with Gasteiger partial charge in [0.05, 0.1) is 10.4 Å². The van der Waals surface area contributed by atoms with E-state index in [2.05, 4.69) is 9.71 Å². The van der Waals surface area contributed by atoms with Crippen LogP contribution in [0.5, 0.6) is 0 Å². The second-order valence-electron chi connectivity index (χ2n) is 4.23. The Balaban J connectivity index is 0.00000161. The molecule has 0 N–H and O–H groups in total. The maximum absolute atomic E-state index is 12.3. The molecule has 4 nitrogen and oxygen atoms in total. The van der Waals surface area contributed by atoms with Crippen molar-refractivity contribution >= 4 is 26.6 Å². The first kappa shape index (κ1) is 15.6. The largest absolute Gasteiger partial charge is 0.571 e. The van der Waals surface area contributed by atoms with Crippen molar-refractivity contribution in [2.24, 2.45) is 0 Å². The second kappa shape index (κ2) is 6.33. The van der Waals surface area contributed by atoms with E-state index in [-0.39, 0.29) is 24.4 Å². The minimum absolute atomic E-state index is 0. The minimum atomic E-state index is -3.72. The second-order valence-corrected chi connectivity index (χ2v) is 5.84. The van der Waals surface area contributed by atoms with Crippen LogP contribution in [0.25, 0.3) is 15.6 Å². The predicted octanol–water partition coefficient (Wildman–Crippen LogP) is 3.63. The third kappa shape index (κ3) is 3.28. The third-order valence-corrected chi connectivity index (χ3v) is 4.18. The van der Waals surface area contributed by atoms with Crippen molar-refractivity contribution < 1.29 is 27.9 Å². The van der Waals surface area contributed by atoms with E-state index in [1.807, 2.05) is 12.1 Å². The number of rotatable bonds is 3. The summed E-state index contributed by atoms with van der Waals surface area (Å²) in [6, 6.07) is 17.1. The van der Waals surface area contributed by atoms with Gasteiger partial charge in [-0.2, -0.15) is 0 Å². The van der Waals surface area contributed by atoms with Gasteiger partial charge in [0, 0.05) is 25.7 Å². The zero-order valence-electron chi connectivity index (χ0n) is 11.2. The number of nitrogens with zero attached hydrogens (tertiary/aromatic N) is 2. The van der Waals surface area contributed by atoms with Crippen molar-refractivity contribution in [2.45, 2.75) is 4.90 Å². The Morgan fingerprint density at radius 1 is 0.857 bits per heavy atom. The molecule has 0 saturated heterocycles. The fourth-order valence-electron chi connectivity index (χ4n) is 1.94. The van der Waals surface area contributed by atoms with Gasteiger partial charge < -0.3 is 4.72 Å². The normalized spacial score (nSPS) is 10.9. The summed E-state index contributed by atoms with van der Waals surface area (Å²) in [4.78, 5) is 4.37. The molecule has 2 aromatic carbocycles. The third-order valence-electron chi connectivity index (χ3n) is 2.87. The van der Waals surface area contributed by atoms with Gasteiger partial charge in [-0.15, -0.1) is 5.69 Å². The van der Waals surface area contributed by atoms with E-state index in [1.165, 1.54) is 12.1 Å². The molecular formula is C15H11N2O2SZn-. The van der Waals surface area contributed by atoms with Crippen LogP contribution in [0, 0.1) is 0 Å². The zero-order chi connectivity index (χ0) is 14.0. The maximum atomic E-state index is 12.3. The molecular weight excluding hydrogens is 338 g/mol. The maximum Gasteiger partial charge on any atom is 0.123 e. The van der Waals surface area contributed by atoms with E-state index >= 15 is 0 Å². The number of hydrogen-bond donors (Lipinski definition) is 0. The van der Waals surface area contributed by atoms with Gasteiger partial charge >= 0.3 is 0 Å². The molecule has 0 fully saturated rings. The SMILES string of the molecule is O=S(=O)([N-]c1cccc2cccnc12)c1ccccc1.[Zn]. The van der Waals surface area contributed by atoms with Crippen LogP contribution < -0.4 is 0 Å². The molecule has 1 heterocycles. The zero-order valence-corrected chi connectivity index (χ0v) is 15.0. The number of hydrogen-bond acceptors (Lipinski definition) is 3. The van der Waals surface area contributed by atoms with Crippen molar-refractivity contribution in [3.63, 3.8) is 0 Å². The van der Waals surface area contributed by atoms with Gasteiger partial charge in [-0.05, 0) is 23.6 Å². The molecule has 0 bridgehead atoms. The van der Waals surface area contributed by atoms with Crippen molar-refractivity contribution in [1.29, 1.82) is 0 Å². The minimum Gasteiger partial charge on any atom is -0.571 e. The monoisotopic (exact) mass is 347 g/mol. The molecule has 6 heteroatoms. The molecule has 0 aliphatic rings. The van der Waals surface area contributed by atoms with Gasteiger partial charge in [0.15, 0.2) is 0 Å². The number of para-hydroxylation sites is 1. The van der Waals surface area contributed by atoms with E-state index in [0.29, 0.717) is 11.2 Å². The number of benzene rings is 2. The number of fused-ring (bicyclic) bond motifs is 1. The molecule has 0 radical (unpaired) electrons. The molecule has 1 aromatic heterocycles. The smallest absolute Gasteiger partial charge is 0.123 e. The van der Waals surface area contributed by atoms with Crippen LogP contribution in [0.3, 0.4) is 0 Å². The fraction of sp³-hybridized carbons (Fsp3) is 0. The first-order valence-electron chi connectivity index (χ1n) is 6.04. The Morgan fingerprint density at radius 2 is 1.57 bits per heavy atom. The van der Waals surface area contributed by atoms with Gasteiger partial charge in [0.25, 0.3) is 0 Å². The number of aromatic nitrogens is 1. The Hall–Kier alpha value is -1.78. The molecule has 0 amide bonds. The molecule has 102 valence electrons. The first-order chi connectivity index (χ1) is 9.67. The standard InChI is InChI=1S/C15H11N2O2S.Zn/c18-20(19,13-8-2-1-3-9-13)17-14-10-4-6-12-7-5-11-16-15(12)14;/h1-11H;/q-1;. The summed E-state index contributed by atoms with van der Waals surface area (Å²) in [6.45, 7) is 0. The van der Waals surface area contributed by atoms with Crippen LogP contribution in [0.15, 0.2) is 71.8 Å². The molecule has 0 aliphatic heterocycles. The van der Waals surface area contributed by atoms with Crippen LogP contribution in [0.1, 0.15) is 0 Å². The molecule has 0 saturated carbocycles. The quantitative estimate of drug-likeness (QED) is 0.679. The molecule has 0 aliphatic carbocycles. The summed E-state index contributed by atoms with van der Waals surface area (Å²) in [5.41, 5.74) is 0.932. The Labute approximate surface area is 136 Å². The summed E-state index contributed by atoms with van der Waals surface area (Å²) in [5.74, 6) is 0. The van der Waals surface area contributed by atoms with Crippen LogP contribution in [-0.2, 0) is 29.5 Å². The summed E-state index contributed by atoms with van der Waals surface area (Å²) >= 11 is 0.